The summed E-state index contributed by atoms with van der Waals surface area (Å²) in [6.45, 7) is 6.12. The smallest absolute Gasteiger partial charge is 0.141 e. The van der Waals surface area contributed by atoms with Gasteiger partial charge in [-0.25, -0.2) is 4.39 Å². The number of halogens is 1. The molecule has 1 heterocycles. The van der Waals surface area contributed by atoms with Gasteiger partial charge in [-0.15, -0.1) is 0 Å². The van der Waals surface area contributed by atoms with Crippen molar-refractivity contribution in [1.29, 1.82) is 0 Å². The van der Waals surface area contributed by atoms with E-state index in [1.54, 1.807) is 6.07 Å². The van der Waals surface area contributed by atoms with E-state index in [2.05, 4.69) is 18.8 Å². The zero-order chi connectivity index (χ0) is 12.2. The molecule has 0 saturated heterocycles. The van der Waals surface area contributed by atoms with Crippen molar-refractivity contribution < 1.29 is 9.50 Å². The van der Waals surface area contributed by atoms with Gasteiger partial charge in [0.15, 0.2) is 0 Å². The van der Waals surface area contributed by atoms with E-state index in [9.17, 15) is 9.50 Å². The lowest BCUT2D eigenvalue weighted by Gasteiger charge is -2.28. The molecule has 0 aromatic carbocycles. The number of pyridine rings is 1. The maximum absolute atomic E-state index is 12.8. The van der Waals surface area contributed by atoms with Crippen LogP contribution in [0.25, 0.3) is 0 Å². The zero-order valence-corrected chi connectivity index (χ0v) is 10.2. The van der Waals surface area contributed by atoms with Crippen LogP contribution >= 0.6 is 0 Å². The molecule has 1 N–H and O–H groups in total. The summed E-state index contributed by atoms with van der Waals surface area (Å²) in [6.07, 6.45) is 3.44. The third kappa shape index (κ3) is 3.01. The molecule has 2 nitrogen and oxygen atoms in total. The van der Waals surface area contributed by atoms with Gasteiger partial charge in [0.2, 0.25) is 0 Å². The highest BCUT2D eigenvalue weighted by Crippen LogP contribution is 2.31. The van der Waals surface area contributed by atoms with Gasteiger partial charge in [-0.1, -0.05) is 27.2 Å². The third-order valence-electron chi connectivity index (χ3n) is 3.17. The molecule has 0 amide bonds. The van der Waals surface area contributed by atoms with Crippen LogP contribution in [0.3, 0.4) is 0 Å². The topological polar surface area (TPSA) is 33.1 Å². The second kappa shape index (κ2) is 5.39. The van der Waals surface area contributed by atoms with Crippen LogP contribution in [0, 0.1) is 11.7 Å². The van der Waals surface area contributed by atoms with Crippen molar-refractivity contribution >= 4 is 0 Å². The van der Waals surface area contributed by atoms with E-state index in [-0.39, 0.29) is 5.82 Å². The SMILES string of the molecule is CCC(C)CC(O)(CC)c1ccc(F)cn1. The fraction of sp³-hybridized carbons (Fsp3) is 0.615. The largest absolute Gasteiger partial charge is 0.384 e. The summed E-state index contributed by atoms with van der Waals surface area (Å²) < 4.78 is 12.8. The number of hydrogen-bond acceptors (Lipinski definition) is 2. The Kier molecular flexibility index (Phi) is 4.42. The summed E-state index contributed by atoms with van der Waals surface area (Å²) in [6, 6.07) is 2.92. The first-order valence-corrected chi connectivity index (χ1v) is 5.86. The van der Waals surface area contributed by atoms with Crippen LogP contribution in [0.15, 0.2) is 18.3 Å². The van der Waals surface area contributed by atoms with E-state index in [1.165, 1.54) is 6.07 Å². The molecule has 0 saturated carbocycles. The third-order valence-corrected chi connectivity index (χ3v) is 3.17. The predicted octanol–water partition coefficient (Wildman–Crippen LogP) is 3.25. The Morgan fingerprint density at radius 2 is 2.12 bits per heavy atom. The average Bonchev–Trinajstić information content (AvgIpc) is 2.29. The lowest BCUT2D eigenvalue weighted by atomic mass is 9.85. The van der Waals surface area contributed by atoms with Gasteiger partial charge in [0.1, 0.15) is 11.4 Å². The lowest BCUT2D eigenvalue weighted by Crippen LogP contribution is -2.28. The summed E-state index contributed by atoms with van der Waals surface area (Å²) in [5, 5.41) is 10.5. The minimum atomic E-state index is -0.927. The molecule has 90 valence electrons. The Balaban J connectivity index is 2.90. The number of aromatic nitrogens is 1. The summed E-state index contributed by atoms with van der Waals surface area (Å²) in [7, 11) is 0. The van der Waals surface area contributed by atoms with Crippen molar-refractivity contribution in [3.8, 4) is 0 Å². The molecule has 0 fully saturated rings. The highest BCUT2D eigenvalue weighted by atomic mass is 19.1. The number of rotatable bonds is 5. The number of hydrogen-bond donors (Lipinski definition) is 1. The highest BCUT2D eigenvalue weighted by molar-refractivity contribution is 5.13. The molecular weight excluding hydrogens is 205 g/mol. The van der Waals surface area contributed by atoms with Crippen molar-refractivity contribution in [1.82, 2.24) is 4.98 Å². The van der Waals surface area contributed by atoms with E-state index in [0.29, 0.717) is 24.5 Å². The predicted molar refractivity (Wildman–Crippen MR) is 62.5 cm³/mol. The molecule has 0 aliphatic heterocycles. The summed E-state index contributed by atoms with van der Waals surface area (Å²) >= 11 is 0. The Bertz CT molecular complexity index is 325. The van der Waals surface area contributed by atoms with Crippen LogP contribution in [-0.2, 0) is 5.60 Å². The first kappa shape index (κ1) is 13.1. The Labute approximate surface area is 96.5 Å². The van der Waals surface area contributed by atoms with Crippen LogP contribution in [0.2, 0.25) is 0 Å². The summed E-state index contributed by atoms with van der Waals surface area (Å²) in [5.74, 6) is 0.0579. The van der Waals surface area contributed by atoms with Gasteiger partial charge < -0.3 is 5.11 Å². The fourth-order valence-electron chi connectivity index (χ4n) is 1.80. The van der Waals surface area contributed by atoms with Gasteiger partial charge in [-0.3, -0.25) is 4.98 Å². The second-order valence-electron chi connectivity index (χ2n) is 4.46. The first-order chi connectivity index (χ1) is 7.51. The molecule has 0 aliphatic carbocycles. The molecule has 2 unspecified atom stereocenters. The van der Waals surface area contributed by atoms with Crippen LogP contribution in [0.5, 0.6) is 0 Å². The van der Waals surface area contributed by atoms with E-state index in [0.717, 1.165) is 12.6 Å². The normalized spacial score (nSPS) is 16.8. The minimum Gasteiger partial charge on any atom is -0.384 e. The Morgan fingerprint density at radius 1 is 1.44 bits per heavy atom. The van der Waals surface area contributed by atoms with Gasteiger partial charge in [-0.05, 0) is 30.9 Å². The van der Waals surface area contributed by atoms with Crippen LogP contribution < -0.4 is 0 Å². The molecule has 0 spiro atoms. The van der Waals surface area contributed by atoms with Crippen molar-refractivity contribution in [3.05, 3.63) is 29.8 Å². The molecule has 16 heavy (non-hydrogen) atoms. The molecule has 1 rings (SSSR count). The highest BCUT2D eigenvalue weighted by Gasteiger charge is 2.30. The monoisotopic (exact) mass is 225 g/mol. The number of nitrogens with zero attached hydrogens (tertiary/aromatic N) is 1. The van der Waals surface area contributed by atoms with Crippen LogP contribution in [0.1, 0.15) is 45.7 Å². The minimum absolute atomic E-state index is 0.370. The van der Waals surface area contributed by atoms with Crippen molar-refractivity contribution in [2.45, 2.75) is 45.6 Å². The molecule has 0 radical (unpaired) electrons. The standard InChI is InChI=1S/C13H20FNO/c1-4-10(3)8-13(16,5-2)12-7-6-11(14)9-15-12/h6-7,9-10,16H,4-5,8H2,1-3H3. The zero-order valence-electron chi connectivity index (χ0n) is 10.2. The molecular formula is C13H20FNO. The maximum Gasteiger partial charge on any atom is 0.141 e. The van der Waals surface area contributed by atoms with Crippen molar-refractivity contribution in [3.63, 3.8) is 0 Å². The second-order valence-corrected chi connectivity index (χ2v) is 4.46. The van der Waals surface area contributed by atoms with Gasteiger partial charge in [-0.2, -0.15) is 0 Å². The Hall–Kier alpha value is -0.960. The van der Waals surface area contributed by atoms with E-state index < -0.39 is 5.60 Å². The van der Waals surface area contributed by atoms with Gasteiger partial charge in [0.25, 0.3) is 0 Å². The number of aliphatic hydroxyl groups is 1. The van der Waals surface area contributed by atoms with E-state index in [4.69, 9.17) is 0 Å². The van der Waals surface area contributed by atoms with Gasteiger partial charge in [0, 0.05) is 0 Å². The molecule has 1 aromatic heterocycles. The van der Waals surface area contributed by atoms with Crippen molar-refractivity contribution in [2.24, 2.45) is 5.92 Å². The van der Waals surface area contributed by atoms with Crippen LogP contribution in [-0.4, -0.2) is 10.1 Å². The fourth-order valence-corrected chi connectivity index (χ4v) is 1.80. The lowest BCUT2D eigenvalue weighted by molar-refractivity contribution is 0.00449. The van der Waals surface area contributed by atoms with E-state index >= 15 is 0 Å². The van der Waals surface area contributed by atoms with E-state index in [1.807, 2.05) is 6.92 Å². The summed E-state index contributed by atoms with van der Waals surface area (Å²) in [4.78, 5) is 3.98. The Morgan fingerprint density at radius 3 is 2.56 bits per heavy atom. The van der Waals surface area contributed by atoms with Crippen LogP contribution in [0.4, 0.5) is 4.39 Å². The molecule has 0 bridgehead atoms. The average molecular weight is 225 g/mol. The summed E-state index contributed by atoms with van der Waals surface area (Å²) in [5.41, 5.74) is -0.361. The maximum atomic E-state index is 12.8. The molecule has 2 atom stereocenters. The molecule has 0 aliphatic rings. The van der Waals surface area contributed by atoms with Gasteiger partial charge in [0.05, 0.1) is 11.9 Å². The quantitative estimate of drug-likeness (QED) is 0.834. The molecule has 3 heteroatoms. The van der Waals surface area contributed by atoms with Crippen molar-refractivity contribution in [2.75, 3.05) is 0 Å². The van der Waals surface area contributed by atoms with Gasteiger partial charge >= 0.3 is 0 Å². The first-order valence-electron chi connectivity index (χ1n) is 5.86. The molecule has 1 aromatic rings.